The monoisotopic (exact) mass is 276 g/mol. The summed E-state index contributed by atoms with van der Waals surface area (Å²) in [7, 11) is 0. The van der Waals surface area contributed by atoms with Crippen LogP contribution in [0.25, 0.3) is 0 Å². The van der Waals surface area contributed by atoms with Gasteiger partial charge in [0.05, 0.1) is 18.2 Å². The molecule has 2 aromatic rings. The van der Waals surface area contributed by atoms with Crippen molar-refractivity contribution in [2.24, 2.45) is 5.92 Å². The maximum Gasteiger partial charge on any atom is 0.0988 e. The van der Waals surface area contributed by atoms with Crippen molar-refractivity contribution in [3.8, 4) is 6.07 Å². The van der Waals surface area contributed by atoms with Crippen molar-refractivity contribution in [1.29, 1.82) is 5.26 Å². The second-order valence-corrected chi connectivity index (χ2v) is 5.87. The van der Waals surface area contributed by atoms with E-state index in [4.69, 9.17) is 0 Å². The highest BCUT2D eigenvalue weighted by Gasteiger charge is 2.33. The van der Waals surface area contributed by atoms with Crippen LogP contribution in [0.15, 0.2) is 54.6 Å². The molecule has 0 heterocycles. The van der Waals surface area contributed by atoms with Crippen molar-refractivity contribution < 1.29 is 0 Å². The molecule has 1 fully saturated rings. The summed E-state index contributed by atoms with van der Waals surface area (Å²) < 4.78 is 0. The first-order valence-electron chi connectivity index (χ1n) is 7.55. The first kappa shape index (κ1) is 13.9. The van der Waals surface area contributed by atoms with Gasteiger partial charge in [-0.05, 0) is 36.8 Å². The van der Waals surface area contributed by atoms with Gasteiger partial charge in [0.15, 0.2) is 0 Å². The van der Waals surface area contributed by atoms with Crippen LogP contribution in [0, 0.1) is 24.2 Å². The van der Waals surface area contributed by atoms with Crippen molar-refractivity contribution in [2.45, 2.75) is 31.8 Å². The van der Waals surface area contributed by atoms with Crippen molar-refractivity contribution in [3.05, 3.63) is 71.3 Å². The molecule has 2 aromatic carbocycles. The van der Waals surface area contributed by atoms with Gasteiger partial charge in [0, 0.05) is 0 Å². The molecule has 0 unspecified atom stereocenters. The summed E-state index contributed by atoms with van der Waals surface area (Å²) >= 11 is 0. The predicted octanol–water partition coefficient (Wildman–Crippen LogP) is 3.98. The number of benzene rings is 2. The highest BCUT2D eigenvalue weighted by molar-refractivity contribution is 5.34. The topological polar surface area (TPSA) is 35.8 Å². The van der Waals surface area contributed by atoms with Crippen molar-refractivity contribution in [2.75, 3.05) is 0 Å². The molecule has 0 saturated heterocycles. The van der Waals surface area contributed by atoms with Gasteiger partial charge in [-0.15, -0.1) is 0 Å². The SMILES string of the molecule is Cc1ccc([C@H](N[C@@H](C#N)C2CC2)c2ccccc2)cc1. The molecule has 0 amide bonds. The molecule has 1 aliphatic carbocycles. The highest BCUT2D eigenvalue weighted by Crippen LogP contribution is 2.34. The Labute approximate surface area is 126 Å². The number of rotatable bonds is 5. The van der Waals surface area contributed by atoms with Crippen LogP contribution in [0.1, 0.15) is 35.6 Å². The summed E-state index contributed by atoms with van der Waals surface area (Å²) in [6.07, 6.45) is 2.33. The van der Waals surface area contributed by atoms with Crippen LogP contribution in [0.4, 0.5) is 0 Å². The lowest BCUT2D eigenvalue weighted by Gasteiger charge is -2.23. The van der Waals surface area contributed by atoms with Crippen LogP contribution in [-0.4, -0.2) is 6.04 Å². The summed E-state index contributed by atoms with van der Waals surface area (Å²) in [6, 6.07) is 21.4. The summed E-state index contributed by atoms with van der Waals surface area (Å²) in [5.41, 5.74) is 3.68. The van der Waals surface area contributed by atoms with Crippen LogP contribution in [0.5, 0.6) is 0 Å². The maximum absolute atomic E-state index is 9.41. The minimum absolute atomic E-state index is 0.0588. The molecule has 0 aliphatic heterocycles. The quantitative estimate of drug-likeness (QED) is 0.896. The van der Waals surface area contributed by atoms with Gasteiger partial charge < -0.3 is 0 Å². The molecule has 2 heteroatoms. The van der Waals surface area contributed by atoms with Crippen LogP contribution in [-0.2, 0) is 0 Å². The van der Waals surface area contributed by atoms with Crippen LogP contribution in [0.2, 0.25) is 0 Å². The minimum Gasteiger partial charge on any atom is -0.291 e. The third-order valence-corrected chi connectivity index (χ3v) is 4.12. The normalized spacial score (nSPS) is 17.0. The number of nitrogens with one attached hydrogen (secondary N) is 1. The lowest BCUT2D eigenvalue weighted by molar-refractivity contribution is 0.501. The molecule has 0 aromatic heterocycles. The molecule has 21 heavy (non-hydrogen) atoms. The Kier molecular flexibility index (Phi) is 4.03. The Morgan fingerprint density at radius 1 is 1.00 bits per heavy atom. The fraction of sp³-hybridized carbons (Fsp3) is 0.316. The molecule has 1 N–H and O–H groups in total. The number of hydrogen-bond donors (Lipinski definition) is 1. The molecule has 106 valence electrons. The minimum atomic E-state index is -0.0588. The van der Waals surface area contributed by atoms with Gasteiger partial charge in [-0.2, -0.15) is 5.26 Å². The Morgan fingerprint density at radius 2 is 1.62 bits per heavy atom. The second kappa shape index (κ2) is 6.11. The second-order valence-electron chi connectivity index (χ2n) is 5.87. The molecule has 0 radical (unpaired) electrons. The fourth-order valence-electron chi connectivity index (χ4n) is 2.68. The zero-order valence-electron chi connectivity index (χ0n) is 12.3. The Hall–Kier alpha value is -2.11. The molecule has 1 aliphatic rings. The van der Waals surface area contributed by atoms with E-state index in [1.54, 1.807) is 0 Å². The number of hydrogen-bond acceptors (Lipinski definition) is 2. The van der Waals surface area contributed by atoms with Crippen LogP contribution < -0.4 is 5.32 Å². The van der Waals surface area contributed by atoms with Crippen molar-refractivity contribution in [1.82, 2.24) is 5.32 Å². The van der Waals surface area contributed by atoms with E-state index in [1.807, 2.05) is 6.07 Å². The van der Waals surface area contributed by atoms with Crippen LogP contribution >= 0.6 is 0 Å². The van der Waals surface area contributed by atoms with Gasteiger partial charge in [0.25, 0.3) is 0 Å². The summed E-state index contributed by atoms with van der Waals surface area (Å²) in [4.78, 5) is 0. The number of nitriles is 1. The van der Waals surface area contributed by atoms with E-state index >= 15 is 0 Å². The zero-order chi connectivity index (χ0) is 14.7. The summed E-state index contributed by atoms with van der Waals surface area (Å²) in [5.74, 6) is 0.520. The molecule has 2 atom stereocenters. The summed E-state index contributed by atoms with van der Waals surface area (Å²) in [6.45, 7) is 2.09. The van der Waals surface area contributed by atoms with Crippen molar-refractivity contribution >= 4 is 0 Å². The number of nitrogens with zero attached hydrogens (tertiary/aromatic N) is 1. The van der Waals surface area contributed by atoms with E-state index in [9.17, 15) is 5.26 Å². The van der Waals surface area contributed by atoms with Gasteiger partial charge in [-0.1, -0.05) is 60.2 Å². The highest BCUT2D eigenvalue weighted by atomic mass is 15.0. The lowest BCUT2D eigenvalue weighted by Crippen LogP contribution is -2.34. The Bertz CT molecular complexity index is 621. The average molecular weight is 276 g/mol. The Balaban J connectivity index is 1.91. The third kappa shape index (κ3) is 3.32. The van der Waals surface area contributed by atoms with E-state index in [1.165, 1.54) is 29.5 Å². The molecular formula is C19H20N2. The fourth-order valence-corrected chi connectivity index (χ4v) is 2.68. The summed E-state index contributed by atoms with van der Waals surface area (Å²) in [5, 5.41) is 13.0. The number of aryl methyl sites for hydroxylation is 1. The smallest absolute Gasteiger partial charge is 0.0988 e. The van der Waals surface area contributed by atoms with E-state index < -0.39 is 0 Å². The van der Waals surface area contributed by atoms with Gasteiger partial charge >= 0.3 is 0 Å². The van der Waals surface area contributed by atoms with Gasteiger partial charge in [-0.25, -0.2) is 0 Å². The van der Waals surface area contributed by atoms with E-state index in [-0.39, 0.29) is 12.1 Å². The standard InChI is InChI=1S/C19H20N2/c1-14-7-9-17(10-8-14)19(16-5-3-2-4-6-16)21-18(13-20)15-11-12-15/h2-10,15,18-19,21H,11-12H2,1H3/t18-,19+/m0/s1. The largest absolute Gasteiger partial charge is 0.291 e. The predicted molar refractivity (Wildman–Crippen MR) is 84.7 cm³/mol. The van der Waals surface area contributed by atoms with Gasteiger partial charge in [-0.3, -0.25) is 5.32 Å². The Morgan fingerprint density at radius 3 is 2.19 bits per heavy atom. The van der Waals surface area contributed by atoms with Gasteiger partial charge in [0.2, 0.25) is 0 Å². The van der Waals surface area contributed by atoms with E-state index in [0.717, 1.165) is 0 Å². The van der Waals surface area contributed by atoms with Crippen molar-refractivity contribution in [3.63, 3.8) is 0 Å². The van der Waals surface area contributed by atoms with E-state index in [0.29, 0.717) is 5.92 Å². The lowest BCUT2D eigenvalue weighted by atomic mass is 9.96. The maximum atomic E-state index is 9.41. The molecule has 0 bridgehead atoms. The van der Waals surface area contributed by atoms with Crippen LogP contribution in [0.3, 0.4) is 0 Å². The zero-order valence-corrected chi connectivity index (χ0v) is 12.3. The molecule has 0 spiro atoms. The molecule has 2 nitrogen and oxygen atoms in total. The first-order valence-corrected chi connectivity index (χ1v) is 7.55. The third-order valence-electron chi connectivity index (χ3n) is 4.12. The average Bonchev–Trinajstić information content (AvgIpc) is 3.35. The molecular weight excluding hydrogens is 256 g/mol. The van der Waals surface area contributed by atoms with E-state index in [2.05, 4.69) is 66.8 Å². The molecule has 1 saturated carbocycles. The first-order chi connectivity index (χ1) is 10.3. The molecule has 3 rings (SSSR count). The van der Waals surface area contributed by atoms with Gasteiger partial charge in [0.1, 0.15) is 0 Å².